The van der Waals surface area contributed by atoms with Gasteiger partial charge in [0.25, 0.3) is 5.91 Å². The van der Waals surface area contributed by atoms with Crippen molar-refractivity contribution < 1.29 is 14.6 Å². The first-order chi connectivity index (χ1) is 9.16. The van der Waals surface area contributed by atoms with Crippen LogP contribution in [0.5, 0.6) is 5.75 Å². The lowest BCUT2D eigenvalue weighted by atomic mass is 10.00. The molecule has 1 aromatic rings. The number of nitrogens with one attached hydrogen (secondary N) is 1. The third kappa shape index (κ3) is 2.19. The summed E-state index contributed by atoms with van der Waals surface area (Å²) < 4.78 is 5.38. The van der Waals surface area contributed by atoms with Crippen LogP contribution >= 0.6 is 0 Å². The molecule has 0 saturated carbocycles. The van der Waals surface area contributed by atoms with Gasteiger partial charge in [-0.1, -0.05) is 6.07 Å². The molecule has 2 atom stereocenters. The summed E-state index contributed by atoms with van der Waals surface area (Å²) in [7, 11) is 1.73. The molecule has 19 heavy (non-hydrogen) atoms. The minimum Gasteiger partial charge on any atom is -0.482 e. The Kier molecular flexibility index (Phi) is 3.16. The van der Waals surface area contributed by atoms with Crippen LogP contribution in [0.15, 0.2) is 18.2 Å². The van der Waals surface area contributed by atoms with E-state index in [1.54, 1.807) is 11.9 Å². The minimum atomic E-state index is -0.543. The Hall–Kier alpha value is -1.59. The number of anilines is 1. The molecule has 2 heterocycles. The molecule has 5 nitrogen and oxygen atoms in total. The van der Waals surface area contributed by atoms with Crippen LogP contribution in [0.3, 0.4) is 0 Å². The SMILES string of the molecule is CN1C(=O)COc2ccc(C(O)C3CCCN3)cc21. The molecule has 0 spiro atoms. The van der Waals surface area contributed by atoms with Gasteiger partial charge in [-0.3, -0.25) is 4.79 Å². The predicted octanol–water partition coefficient (Wildman–Crippen LogP) is 0.827. The molecule has 0 radical (unpaired) electrons. The van der Waals surface area contributed by atoms with Crippen LogP contribution in [0.1, 0.15) is 24.5 Å². The Balaban J connectivity index is 1.89. The van der Waals surface area contributed by atoms with Crippen LogP contribution in [-0.2, 0) is 4.79 Å². The van der Waals surface area contributed by atoms with Gasteiger partial charge in [0.05, 0.1) is 11.8 Å². The van der Waals surface area contributed by atoms with Crippen molar-refractivity contribution in [2.75, 3.05) is 25.1 Å². The Morgan fingerprint density at radius 2 is 2.37 bits per heavy atom. The van der Waals surface area contributed by atoms with E-state index >= 15 is 0 Å². The number of rotatable bonds is 2. The number of ether oxygens (including phenoxy) is 1. The number of carbonyl (C=O) groups is 1. The zero-order valence-corrected chi connectivity index (χ0v) is 10.9. The van der Waals surface area contributed by atoms with E-state index in [0.29, 0.717) is 5.75 Å². The van der Waals surface area contributed by atoms with Gasteiger partial charge in [0.15, 0.2) is 6.61 Å². The van der Waals surface area contributed by atoms with E-state index in [-0.39, 0.29) is 18.6 Å². The first-order valence-corrected chi connectivity index (χ1v) is 6.61. The fourth-order valence-electron chi connectivity index (χ4n) is 2.69. The molecule has 2 aliphatic heterocycles. The fourth-order valence-corrected chi connectivity index (χ4v) is 2.69. The molecule has 2 N–H and O–H groups in total. The number of nitrogens with zero attached hydrogens (tertiary/aromatic N) is 1. The van der Waals surface area contributed by atoms with Gasteiger partial charge >= 0.3 is 0 Å². The summed E-state index contributed by atoms with van der Waals surface area (Å²) in [6.45, 7) is 1.03. The van der Waals surface area contributed by atoms with E-state index in [1.807, 2.05) is 18.2 Å². The van der Waals surface area contributed by atoms with Crippen molar-refractivity contribution in [2.24, 2.45) is 0 Å². The summed E-state index contributed by atoms with van der Waals surface area (Å²) in [4.78, 5) is 13.2. The molecular weight excluding hydrogens is 244 g/mol. The van der Waals surface area contributed by atoms with E-state index in [9.17, 15) is 9.90 Å². The van der Waals surface area contributed by atoms with Gasteiger partial charge in [0.1, 0.15) is 5.75 Å². The lowest BCUT2D eigenvalue weighted by molar-refractivity contribution is -0.120. The van der Waals surface area contributed by atoms with Gasteiger partial charge in [0, 0.05) is 13.1 Å². The maximum atomic E-state index is 11.6. The smallest absolute Gasteiger partial charge is 0.264 e. The van der Waals surface area contributed by atoms with Crippen molar-refractivity contribution in [3.8, 4) is 5.75 Å². The van der Waals surface area contributed by atoms with Crippen LogP contribution < -0.4 is 15.0 Å². The van der Waals surface area contributed by atoms with Gasteiger partial charge in [0.2, 0.25) is 0 Å². The summed E-state index contributed by atoms with van der Waals surface area (Å²) in [6, 6.07) is 5.64. The minimum absolute atomic E-state index is 0.0712. The van der Waals surface area contributed by atoms with Crippen LogP contribution in [0.4, 0.5) is 5.69 Å². The van der Waals surface area contributed by atoms with Crippen LogP contribution in [0.2, 0.25) is 0 Å². The van der Waals surface area contributed by atoms with Crippen molar-refractivity contribution in [3.05, 3.63) is 23.8 Å². The third-order valence-electron chi connectivity index (χ3n) is 3.89. The number of amides is 1. The largest absolute Gasteiger partial charge is 0.482 e. The maximum absolute atomic E-state index is 11.6. The van der Waals surface area contributed by atoms with Crippen molar-refractivity contribution in [1.29, 1.82) is 0 Å². The highest BCUT2D eigenvalue weighted by Gasteiger charge is 2.27. The van der Waals surface area contributed by atoms with Crippen molar-refractivity contribution in [2.45, 2.75) is 25.0 Å². The molecule has 1 fully saturated rings. The zero-order valence-electron chi connectivity index (χ0n) is 10.9. The number of aliphatic hydroxyl groups excluding tert-OH is 1. The van der Waals surface area contributed by atoms with Crippen LogP contribution in [-0.4, -0.2) is 37.3 Å². The molecular formula is C14H18N2O3. The van der Waals surface area contributed by atoms with E-state index in [0.717, 1.165) is 30.6 Å². The van der Waals surface area contributed by atoms with E-state index < -0.39 is 6.10 Å². The summed E-state index contributed by atoms with van der Waals surface area (Å²) in [5.41, 5.74) is 1.55. The lowest BCUT2D eigenvalue weighted by Gasteiger charge is -2.27. The summed E-state index contributed by atoms with van der Waals surface area (Å²) in [6.07, 6.45) is 1.52. The molecule has 102 valence electrons. The Morgan fingerprint density at radius 1 is 1.53 bits per heavy atom. The topological polar surface area (TPSA) is 61.8 Å². The monoisotopic (exact) mass is 262 g/mol. The van der Waals surface area contributed by atoms with Crippen molar-refractivity contribution in [1.82, 2.24) is 5.32 Å². The standard InChI is InChI=1S/C14H18N2O3/c1-16-11-7-9(14(18)10-3-2-6-15-10)4-5-12(11)19-8-13(16)17/h4-5,7,10,14-15,18H,2-3,6,8H2,1H3. The number of likely N-dealkylation sites (N-methyl/N-ethyl adjacent to an activating group) is 1. The molecule has 1 saturated heterocycles. The molecule has 0 aliphatic carbocycles. The normalized spacial score (nSPS) is 24.0. The number of fused-ring (bicyclic) bond motifs is 1. The van der Waals surface area contributed by atoms with E-state index in [2.05, 4.69) is 5.32 Å². The summed E-state index contributed by atoms with van der Waals surface area (Å²) in [5.74, 6) is 0.621. The van der Waals surface area contributed by atoms with Crippen molar-refractivity contribution in [3.63, 3.8) is 0 Å². The molecule has 0 aromatic heterocycles. The van der Waals surface area contributed by atoms with Crippen LogP contribution in [0.25, 0.3) is 0 Å². The lowest BCUT2D eigenvalue weighted by Crippen LogP contribution is -2.35. The molecule has 2 unspecified atom stereocenters. The average molecular weight is 262 g/mol. The predicted molar refractivity (Wildman–Crippen MR) is 71.3 cm³/mol. The highest BCUT2D eigenvalue weighted by molar-refractivity contribution is 5.97. The second-order valence-electron chi connectivity index (χ2n) is 5.12. The first-order valence-electron chi connectivity index (χ1n) is 6.61. The quantitative estimate of drug-likeness (QED) is 0.828. The number of benzene rings is 1. The van der Waals surface area contributed by atoms with Crippen LogP contribution in [0, 0.1) is 0 Å². The molecule has 1 amide bonds. The van der Waals surface area contributed by atoms with Gasteiger partial charge in [-0.2, -0.15) is 0 Å². The second kappa shape index (κ2) is 4.83. The van der Waals surface area contributed by atoms with Gasteiger partial charge in [-0.05, 0) is 37.1 Å². The zero-order chi connectivity index (χ0) is 13.4. The summed E-state index contributed by atoms with van der Waals surface area (Å²) in [5, 5.41) is 13.7. The Morgan fingerprint density at radius 3 is 3.11 bits per heavy atom. The molecule has 1 aromatic carbocycles. The third-order valence-corrected chi connectivity index (χ3v) is 3.89. The Bertz CT molecular complexity index is 497. The average Bonchev–Trinajstić information content (AvgIpc) is 2.96. The second-order valence-corrected chi connectivity index (χ2v) is 5.12. The number of carbonyl (C=O) groups excluding carboxylic acids is 1. The maximum Gasteiger partial charge on any atom is 0.264 e. The summed E-state index contributed by atoms with van der Waals surface area (Å²) >= 11 is 0. The van der Waals surface area contributed by atoms with Gasteiger partial charge in [-0.25, -0.2) is 0 Å². The Labute approximate surface area is 112 Å². The van der Waals surface area contributed by atoms with E-state index in [1.165, 1.54) is 0 Å². The highest BCUT2D eigenvalue weighted by Crippen LogP contribution is 2.35. The fraction of sp³-hybridized carbons (Fsp3) is 0.500. The van der Waals surface area contributed by atoms with Crippen molar-refractivity contribution >= 4 is 11.6 Å². The molecule has 0 bridgehead atoms. The molecule has 5 heteroatoms. The van der Waals surface area contributed by atoms with Gasteiger partial charge in [-0.15, -0.1) is 0 Å². The molecule has 2 aliphatic rings. The number of hydrogen-bond acceptors (Lipinski definition) is 4. The highest BCUT2D eigenvalue weighted by atomic mass is 16.5. The number of hydrogen-bond donors (Lipinski definition) is 2. The first kappa shape index (κ1) is 12.4. The molecule has 3 rings (SSSR count). The number of aliphatic hydroxyl groups is 1. The van der Waals surface area contributed by atoms with Gasteiger partial charge < -0.3 is 20.1 Å². The van der Waals surface area contributed by atoms with E-state index in [4.69, 9.17) is 4.74 Å².